The summed E-state index contributed by atoms with van der Waals surface area (Å²) in [4.78, 5) is 24.1. The minimum atomic E-state index is -0.442. The maximum absolute atomic E-state index is 12.1. The number of carbonyl (C=O) groups is 2. The van der Waals surface area contributed by atoms with E-state index < -0.39 is 5.97 Å². The van der Waals surface area contributed by atoms with E-state index >= 15 is 0 Å². The molecule has 1 N–H and O–H groups in total. The molecule has 1 aromatic carbocycles. The highest BCUT2D eigenvalue weighted by molar-refractivity contribution is 5.92. The van der Waals surface area contributed by atoms with Crippen molar-refractivity contribution < 1.29 is 14.3 Å². The molecule has 0 aromatic heterocycles. The second-order valence-electron chi connectivity index (χ2n) is 6.84. The highest BCUT2D eigenvalue weighted by atomic mass is 16.5. The zero-order valence-corrected chi connectivity index (χ0v) is 14.5. The molecule has 4 nitrogen and oxygen atoms in total. The van der Waals surface area contributed by atoms with E-state index in [-0.39, 0.29) is 18.6 Å². The molecule has 3 atom stereocenters. The van der Waals surface area contributed by atoms with Gasteiger partial charge in [-0.05, 0) is 43.7 Å². The van der Waals surface area contributed by atoms with Crippen molar-refractivity contribution in [2.45, 2.75) is 53.0 Å². The van der Waals surface area contributed by atoms with Crippen molar-refractivity contribution in [3.05, 3.63) is 34.9 Å². The van der Waals surface area contributed by atoms with Crippen molar-refractivity contribution in [2.75, 3.05) is 6.61 Å². The monoisotopic (exact) mass is 317 g/mol. The van der Waals surface area contributed by atoms with Gasteiger partial charge in [-0.15, -0.1) is 0 Å². The number of aryl methyl sites for hydroxylation is 2. The second kappa shape index (κ2) is 7.62. The first-order chi connectivity index (χ1) is 10.9. The Hall–Kier alpha value is -1.84. The van der Waals surface area contributed by atoms with E-state index in [1.807, 2.05) is 26.0 Å². The first-order valence-corrected chi connectivity index (χ1v) is 8.42. The number of esters is 1. The maximum atomic E-state index is 12.1. The van der Waals surface area contributed by atoms with Gasteiger partial charge in [0, 0.05) is 6.04 Å². The van der Waals surface area contributed by atoms with Crippen molar-refractivity contribution >= 4 is 11.9 Å². The van der Waals surface area contributed by atoms with Gasteiger partial charge in [-0.2, -0.15) is 0 Å². The van der Waals surface area contributed by atoms with Crippen LogP contribution in [0.15, 0.2) is 18.2 Å². The van der Waals surface area contributed by atoms with E-state index in [4.69, 9.17) is 4.74 Å². The highest BCUT2D eigenvalue weighted by Gasteiger charge is 2.28. The van der Waals surface area contributed by atoms with E-state index in [1.165, 1.54) is 6.42 Å². The summed E-state index contributed by atoms with van der Waals surface area (Å²) < 4.78 is 5.16. The third-order valence-electron chi connectivity index (χ3n) is 4.99. The van der Waals surface area contributed by atoms with E-state index in [9.17, 15) is 9.59 Å². The molecule has 126 valence electrons. The zero-order chi connectivity index (χ0) is 17.0. The Morgan fingerprint density at radius 2 is 1.96 bits per heavy atom. The standard InChI is InChI=1S/C19H27NO3/c1-12-8-9-16(14(3)10-12)19(22)23-11-18(21)20-17-7-5-6-13(2)15(17)4/h8-10,13,15,17H,5-7,11H2,1-4H3,(H,20,21). The van der Waals surface area contributed by atoms with E-state index in [1.54, 1.807) is 6.07 Å². The molecule has 0 bridgehead atoms. The molecule has 4 heteroatoms. The smallest absolute Gasteiger partial charge is 0.338 e. The largest absolute Gasteiger partial charge is 0.452 e. The molecule has 3 unspecified atom stereocenters. The van der Waals surface area contributed by atoms with Gasteiger partial charge in [-0.1, -0.05) is 44.4 Å². The van der Waals surface area contributed by atoms with Crippen LogP contribution in [0.25, 0.3) is 0 Å². The number of nitrogens with one attached hydrogen (secondary N) is 1. The fraction of sp³-hybridized carbons (Fsp3) is 0.579. The third-order valence-corrected chi connectivity index (χ3v) is 4.99. The van der Waals surface area contributed by atoms with Gasteiger partial charge in [-0.25, -0.2) is 4.79 Å². The van der Waals surface area contributed by atoms with Crippen molar-refractivity contribution in [3.8, 4) is 0 Å². The van der Waals surface area contributed by atoms with Crippen LogP contribution >= 0.6 is 0 Å². The lowest BCUT2D eigenvalue weighted by atomic mass is 9.78. The molecule has 1 amide bonds. The molecule has 1 saturated carbocycles. The molecule has 1 fully saturated rings. The van der Waals surface area contributed by atoms with Gasteiger partial charge in [0.1, 0.15) is 0 Å². The first kappa shape index (κ1) is 17.5. The molecular weight excluding hydrogens is 290 g/mol. The van der Waals surface area contributed by atoms with Crippen LogP contribution in [0, 0.1) is 25.7 Å². The Bertz CT molecular complexity index is 582. The number of rotatable bonds is 4. The van der Waals surface area contributed by atoms with Gasteiger partial charge < -0.3 is 10.1 Å². The summed E-state index contributed by atoms with van der Waals surface area (Å²) in [6.07, 6.45) is 3.36. The Kier molecular flexibility index (Phi) is 5.80. The Labute approximate surface area is 138 Å². The van der Waals surface area contributed by atoms with Crippen LogP contribution in [0.1, 0.15) is 54.6 Å². The van der Waals surface area contributed by atoms with Gasteiger partial charge in [0.15, 0.2) is 6.61 Å². The van der Waals surface area contributed by atoms with Crippen LogP contribution in [-0.2, 0) is 9.53 Å². The lowest BCUT2D eigenvalue weighted by molar-refractivity contribution is -0.125. The molecular formula is C19H27NO3. The molecule has 23 heavy (non-hydrogen) atoms. The normalized spacial score (nSPS) is 24.1. The van der Waals surface area contributed by atoms with Crippen LogP contribution in [0.2, 0.25) is 0 Å². The molecule has 1 aliphatic carbocycles. The Morgan fingerprint density at radius 3 is 2.65 bits per heavy atom. The summed E-state index contributed by atoms with van der Waals surface area (Å²) >= 11 is 0. The predicted molar refractivity (Wildman–Crippen MR) is 90.3 cm³/mol. The first-order valence-electron chi connectivity index (χ1n) is 8.42. The van der Waals surface area contributed by atoms with Crippen LogP contribution in [0.4, 0.5) is 0 Å². The van der Waals surface area contributed by atoms with Gasteiger partial charge in [0.2, 0.25) is 0 Å². The van der Waals surface area contributed by atoms with E-state index in [0.717, 1.165) is 24.0 Å². The van der Waals surface area contributed by atoms with Crippen LogP contribution in [0.5, 0.6) is 0 Å². The topological polar surface area (TPSA) is 55.4 Å². The number of amides is 1. The number of benzene rings is 1. The van der Waals surface area contributed by atoms with Gasteiger partial charge in [-0.3, -0.25) is 4.79 Å². The SMILES string of the molecule is Cc1ccc(C(=O)OCC(=O)NC2CCCC(C)C2C)c(C)c1. The van der Waals surface area contributed by atoms with E-state index in [2.05, 4.69) is 19.2 Å². The van der Waals surface area contributed by atoms with Crippen molar-refractivity contribution in [1.82, 2.24) is 5.32 Å². The fourth-order valence-electron chi connectivity index (χ4n) is 3.29. The van der Waals surface area contributed by atoms with Crippen molar-refractivity contribution in [3.63, 3.8) is 0 Å². The van der Waals surface area contributed by atoms with Crippen LogP contribution in [-0.4, -0.2) is 24.5 Å². The van der Waals surface area contributed by atoms with Gasteiger partial charge >= 0.3 is 5.97 Å². The highest BCUT2D eigenvalue weighted by Crippen LogP contribution is 2.29. The molecule has 1 aromatic rings. The van der Waals surface area contributed by atoms with Crippen LogP contribution < -0.4 is 5.32 Å². The zero-order valence-electron chi connectivity index (χ0n) is 14.5. The summed E-state index contributed by atoms with van der Waals surface area (Å²) in [6, 6.07) is 5.73. The van der Waals surface area contributed by atoms with Gasteiger partial charge in [0.05, 0.1) is 5.56 Å². The van der Waals surface area contributed by atoms with E-state index in [0.29, 0.717) is 17.4 Å². The summed E-state index contributed by atoms with van der Waals surface area (Å²) in [5.41, 5.74) is 2.48. The quantitative estimate of drug-likeness (QED) is 0.866. The molecule has 1 aliphatic rings. The molecule has 0 heterocycles. The lowest BCUT2D eigenvalue weighted by Gasteiger charge is -2.34. The molecule has 0 aliphatic heterocycles. The molecule has 0 radical (unpaired) electrons. The Morgan fingerprint density at radius 1 is 1.22 bits per heavy atom. The summed E-state index contributed by atoms with van der Waals surface area (Å²) in [6.45, 7) is 8.03. The minimum Gasteiger partial charge on any atom is -0.452 e. The third kappa shape index (κ3) is 4.57. The van der Waals surface area contributed by atoms with Crippen LogP contribution in [0.3, 0.4) is 0 Å². The molecule has 0 spiro atoms. The lowest BCUT2D eigenvalue weighted by Crippen LogP contribution is -2.45. The molecule has 2 rings (SSSR count). The summed E-state index contributed by atoms with van der Waals surface area (Å²) in [5, 5.41) is 3.01. The number of carbonyl (C=O) groups excluding carboxylic acids is 2. The number of hydrogen-bond donors (Lipinski definition) is 1. The van der Waals surface area contributed by atoms with Crippen molar-refractivity contribution in [2.24, 2.45) is 11.8 Å². The average molecular weight is 317 g/mol. The summed E-state index contributed by atoms with van der Waals surface area (Å²) in [5.74, 6) is 0.423. The second-order valence-corrected chi connectivity index (χ2v) is 6.84. The van der Waals surface area contributed by atoms with Gasteiger partial charge in [0.25, 0.3) is 5.91 Å². The number of ether oxygens (including phenoxy) is 1. The average Bonchev–Trinajstić information content (AvgIpc) is 2.49. The summed E-state index contributed by atoms with van der Waals surface area (Å²) in [7, 11) is 0. The number of hydrogen-bond acceptors (Lipinski definition) is 3. The fourth-order valence-corrected chi connectivity index (χ4v) is 3.29. The Balaban J connectivity index is 1.85. The van der Waals surface area contributed by atoms with Crippen molar-refractivity contribution in [1.29, 1.82) is 0 Å². The minimum absolute atomic E-state index is 0.186. The molecule has 0 saturated heterocycles. The predicted octanol–water partition coefficient (Wildman–Crippen LogP) is 3.40. The maximum Gasteiger partial charge on any atom is 0.338 e.